The van der Waals surface area contributed by atoms with Crippen molar-refractivity contribution in [2.24, 2.45) is 23.4 Å². The van der Waals surface area contributed by atoms with Crippen molar-refractivity contribution in [1.29, 1.82) is 0 Å². The van der Waals surface area contributed by atoms with Gasteiger partial charge in [0.15, 0.2) is 0 Å². The number of benzene rings is 1. The molecule has 1 fully saturated rings. The molecule has 240 valence electrons. The molecule has 8 nitrogen and oxygen atoms in total. The lowest BCUT2D eigenvalue weighted by Gasteiger charge is -2.42. The molecule has 1 aromatic carbocycles. The maximum Gasteiger partial charge on any atom is 0.148 e. The molecule has 0 aliphatic carbocycles. The number of nitrogens with zero attached hydrogens (tertiary/aromatic N) is 4. The van der Waals surface area contributed by atoms with E-state index in [9.17, 15) is 0 Å². The minimum atomic E-state index is -0.185. The normalized spacial score (nSPS) is 21.8. The summed E-state index contributed by atoms with van der Waals surface area (Å²) in [7, 11) is 4.14. The quantitative estimate of drug-likeness (QED) is 0.0984. The molecule has 9 heteroatoms. The summed E-state index contributed by atoms with van der Waals surface area (Å²) < 4.78 is 27.0. The number of rotatable bonds is 19. The third kappa shape index (κ3) is 11.4. The molecular formula is C33H59FN6O2. The Morgan fingerprint density at radius 2 is 1.83 bits per heavy atom. The summed E-state index contributed by atoms with van der Waals surface area (Å²) in [5.74, 6) is 6.80. The van der Waals surface area contributed by atoms with Gasteiger partial charge in [-0.1, -0.05) is 26.8 Å². The number of likely N-dealkylation sites (N-methyl/N-ethyl adjacent to an activating group) is 1. The highest BCUT2D eigenvalue weighted by molar-refractivity contribution is 5.57. The van der Waals surface area contributed by atoms with Gasteiger partial charge in [0.1, 0.15) is 5.82 Å². The number of nitrogens with two attached hydrogens (primary N) is 2. The summed E-state index contributed by atoms with van der Waals surface area (Å²) in [5, 5.41) is 1.62. The van der Waals surface area contributed by atoms with Crippen LogP contribution in [0.1, 0.15) is 60.3 Å². The van der Waals surface area contributed by atoms with E-state index < -0.39 is 0 Å². The number of hydrogen-bond donors (Lipinski definition) is 2. The molecule has 0 bridgehead atoms. The van der Waals surface area contributed by atoms with Gasteiger partial charge < -0.3 is 34.9 Å². The predicted molar refractivity (Wildman–Crippen MR) is 175 cm³/mol. The largest absolute Gasteiger partial charge is 0.399 e. The minimum absolute atomic E-state index is 0.182. The van der Waals surface area contributed by atoms with Crippen molar-refractivity contribution in [2.75, 3.05) is 69.8 Å². The molecule has 0 amide bonds. The molecule has 1 heterocycles. The van der Waals surface area contributed by atoms with Gasteiger partial charge in [0.2, 0.25) is 0 Å². The summed E-state index contributed by atoms with van der Waals surface area (Å²) in [4.78, 5) is 6.57. The Balaban J connectivity index is 1.86. The Labute approximate surface area is 255 Å². The first-order valence-corrected chi connectivity index (χ1v) is 15.8. The molecule has 1 saturated heterocycles. The third-order valence-electron chi connectivity index (χ3n) is 8.32. The van der Waals surface area contributed by atoms with Crippen LogP contribution < -0.4 is 21.4 Å². The van der Waals surface area contributed by atoms with E-state index in [0.717, 1.165) is 51.0 Å². The van der Waals surface area contributed by atoms with Crippen LogP contribution in [0.2, 0.25) is 0 Å². The van der Waals surface area contributed by atoms with Gasteiger partial charge in [-0.25, -0.2) is 10.2 Å². The van der Waals surface area contributed by atoms with Crippen molar-refractivity contribution in [3.63, 3.8) is 0 Å². The number of allylic oxidation sites excluding steroid dienone is 1. The maximum atomic E-state index is 15.1. The summed E-state index contributed by atoms with van der Waals surface area (Å²) >= 11 is 0. The Morgan fingerprint density at radius 1 is 1.14 bits per heavy atom. The SMILES string of the molecule is C=CCC(CN(N)C=C(N)COCCN(C)C1CC(C)OC(C)C1C)CN(C)c1ccc(N(CCC)CCC)c(F)c1. The van der Waals surface area contributed by atoms with Gasteiger partial charge >= 0.3 is 0 Å². The van der Waals surface area contributed by atoms with E-state index in [1.54, 1.807) is 17.3 Å². The first kappa shape index (κ1) is 35.9. The zero-order valence-electron chi connectivity index (χ0n) is 27.4. The summed E-state index contributed by atoms with van der Waals surface area (Å²) in [6.45, 7) is 19.5. The first-order valence-electron chi connectivity index (χ1n) is 15.8. The number of hydrogen-bond acceptors (Lipinski definition) is 8. The zero-order chi connectivity index (χ0) is 31.2. The van der Waals surface area contributed by atoms with Crippen molar-refractivity contribution in [2.45, 2.75) is 78.6 Å². The fraction of sp³-hybridized carbons (Fsp3) is 0.697. The van der Waals surface area contributed by atoms with E-state index in [1.807, 2.05) is 25.3 Å². The molecule has 4 N–H and O–H groups in total. The van der Waals surface area contributed by atoms with Crippen molar-refractivity contribution >= 4 is 11.4 Å². The Morgan fingerprint density at radius 3 is 2.45 bits per heavy atom. The van der Waals surface area contributed by atoms with Gasteiger partial charge in [-0.2, -0.15) is 0 Å². The van der Waals surface area contributed by atoms with Crippen LogP contribution in [0.4, 0.5) is 15.8 Å². The first-order chi connectivity index (χ1) is 20.0. The molecule has 1 aliphatic rings. The van der Waals surface area contributed by atoms with Crippen LogP contribution in [0.15, 0.2) is 42.8 Å². The molecule has 1 aromatic rings. The topological polar surface area (TPSA) is 83.5 Å². The molecule has 1 aliphatic heterocycles. The lowest BCUT2D eigenvalue weighted by atomic mass is 9.88. The van der Waals surface area contributed by atoms with Gasteiger partial charge in [0.05, 0.1) is 36.8 Å². The molecule has 0 saturated carbocycles. The van der Waals surface area contributed by atoms with Crippen LogP contribution in [-0.4, -0.2) is 88.2 Å². The van der Waals surface area contributed by atoms with Crippen LogP contribution in [0.25, 0.3) is 0 Å². The fourth-order valence-corrected chi connectivity index (χ4v) is 5.98. The van der Waals surface area contributed by atoms with E-state index in [4.69, 9.17) is 21.1 Å². The van der Waals surface area contributed by atoms with E-state index in [1.165, 1.54) is 0 Å². The molecule has 5 atom stereocenters. The van der Waals surface area contributed by atoms with Crippen LogP contribution in [0.5, 0.6) is 0 Å². The summed E-state index contributed by atoms with van der Waals surface area (Å²) in [5.41, 5.74) is 8.33. The molecule has 0 radical (unpaired) electrons. The van der Waals surface area contributed by atoms with Crippen LogP contribution in [-0.2, 0) is 9.47 Å². The standard InChI is InChI=1S/C33H59FN6O2/c1-9-12-28(21-38(8)30-13-14-32(31(34)20-30)39(15-10-2)16-11-3)22-40(36)23-29(35)24-41-18-17-37(7)33-19-25(4)42-27(6)26(33)5/h9,13-14,20,23,25-28,33H,1,10-12,15-19,21-22,24,35-36H2,2-8H3. The average molecular weight is 591 g/mol. The second-order valence-electron chi connectivity index (χ2n) is 12.1. The minimum Gasteiger partial charge on any atom is -0.399 e. The van der Waals surface area contributed by atoms with E-state index >= 15 is 4.39 Å². The smallest absolute Gasteiger partial charge is 0.148 e. The van der Waals surface area contributed by atoms with Gasteiger partial charge in [0.25, 0.3) is 0 Å². The molecule has 5 unspecified atom stereocenters. The molecule has 42 heavy (non-hydrogen) atoms. The van der Waals surface area contributed by atoms with Gasteiger partial charge in [0, 0.05) is 57.7 Å². The van der Waals surface area contributed by atoms with Crippen LogP contribution in [0, 0.1) is 17.7 Å². The maximum absolute atomic E-state index is 15.1. The molecule has 0 spiro atoms. The number of hydrazine groups is 1. The van der Waals surface area contributed by atoms with Crippen LogP contribution >= 0.6 is 0 Å². The zero-order valence-corrected chi connectivity index (χ0v) is 27.4. The highest BCUT2D eigenvalue weighted by Gasteiger charge is 2.33. The van der Waals surface area contributed by atoms with Gasteiger partial charge in [-0.15, -0.1) is 6.58 Å². The average Bonchev–Trinajstić information content (AvgIpc) is 2.92. The molecule has 2 rings (SSSR count). The fourth-order valence-electron chi connectivity index (χ4n) is 5.98. The highest BCUT2D eigenvalue weighted by Crippen LogP contribution is 2.28. The van der Waals surface area contributed by atoms with E-state index in [0.29, 0.717) is 49.6 Å². The molecule has 0 aromatic heterocycles. The lowest BCUT2D eigenvalue weighted by molar-refractivity contribution is -0.0976. The van der Waals surface area contributed by atoms with E-state index in [-0.39, 0.29) is 23.9 Å². The van der Waals surface area contributed by atoms with E-state index in [2.05, 4.69) is 62.9 Å². The second-order valence-corrected chi connectivity index (χ2v) is 12.1. The van der Waals surface area contributed by atoms with Crippen molar-refractivity contribution in [1.82, 2.24) is 9.91 Å². The van der Waals surface area contributed by atoms with Crippen molar-refractivity contribution in [3.8, 4) is 0 Å². The lowest BCUT2D eigenvalue weighted by Crippen LogP contribution is -2.49. The number of halogens is 1. The monoisotopic (exact) mass is 590 g/mol. The summed E-state index contributed by atoms with van der Waals surface area (Å²) in [6.07, 6.45) is 7.95. The highest BCUT2D eigenvalue weighted by atomic mass is 19.1. The third-order valence-corrected chi connectivity index (χ3v) is 8.32. The van der Waals surface area contributed by atoms with Gasteiger partial charge in [-0.05, 0) is 76.6 Å². The Bertz CT molecular complexity index is 956. The molecular weight excluding hydrogens is 531 g/mol. The Hall–Kier alpha value is -2.33. The Kier molecular flexibility index (Phi) is 15.7. The number of ether oxygens (including phenoxy) is 2. The van der Waals surface area contributed by atoms with Crippen molar-refractivity contribution < 1.29 is 13.9 Å². The predicted octanol–water partition coefficient (Wildman–Crippen LogP) is 5.21. The van der Waals surface area contributed by atoms with Gasteiger partial charge in [-0.3, -0.25) is 0 Å². The van der Waals surface area contributed by atoms with Crippen LogP contribution in [0.3, 0.4) is 0 Å². The summed E-state index contributed by atoms with van der Waals surface area (Å²) in [6, 6.07) is 6.01. The van der Waals surface area contributed by atoms with Crippen molar-refractivity contribution in [3.05, 3.63) is 48.6 Å². The number of anilines is 2. The second kappa shape index (κ2) is 18.4.